The van der Waals surface area contributed by atoms with Crippen LogP contribution in [0.1, 0.15) is 206 Å². The summed E-state index contributed by atoms with van der Waals surface area (Å²) in [6, 6.07) is 26.1. The van der Waals surface area contributed by atoms with E-state index >= 15 is 0 Å². The average molecular weight is 783 g/mol. The van der Waals surface area contributed by atoms with Crippen LogP contribution in [-0.4, -0.2) is 0 Å². The molecule has 0 N–H and O–H groups in total. The molecule has 4 aliphatic rings. The summed E-state index contributed by atoms with van der Waals surface area (Å²) < 4.78 is 0. The summed E-state index contributed by atoms with van der Waals surface area (Å²) in [7, 11) is 0. The molecule has 4 fully saturated rings. The van der Waals surface area contributed by atoms with Gasteiger partial charge in [0, 0.05) is 0 Å². The second kappa shape index (κ2) is 18.7. The first-order chi connectivity index (χ1) is 27.7. The van der Waals surface area contributed by atoms with E-state index in [0.717, 1.165) is 59.2 Å². The van der Waals surface area contributed by atoms with Crippen LogP contribution >= 0.6 is 0 Å². The normalized spacial score (nSPS) is 33.7. The Kier molecular flexibility index (Phi) is 14.1. The van der Waals surface area contributed by atoms with Crippen LogP contribution in [0.25, 0.3) is 22.3 Å². The van der Waals surface area contributed by atoms with Gasteiger partial charge in [0.2, 0.25) is 0 Å². The topological polar surface area (TPSA) is 0 Å². The van der Waals surface area contributed by atoms with Crippen molar-refractivity contribution >= 4 is 0 Å². The zero-order valence-corrected chi connectivity index (χ0v) is 39.5. The molecular formula is C58H86. The molecule has 12 atom stereocenters. The highest BCUT2D eigenvalue weighted by Crippen LogP contribution is 2.52. The summed E-state index contributed by atoms with van der Waals surface area (Å²) in [6.45, 7) is 30.0. The summed E-state index contributed by atoms with van der Waals surface area (Å²) in [5, 5.41) is 0. The van der Waals surface area contributed by atoms with Gasteiger partial charge in [-0.25, -0.2) is 0 Å². The van der Waals surface area contributed by atoms with Crippen LogP contribution in [0.3, 0.4) is 0 Å². The fourth-order valence-corrected chi connectivity index (χ4v) is 13.9. The Morgan fingerprint density at radius 1 is 0.345 bits per heavy atom. The Bertz CT molecular complexity index is 1640. The molecule has 0 heteroatoms. The average Bonchev–Trinajstić information content (AvgIpc) is 3.20. The first kappa shape index (κ1) is 43.7. The lowest BCUT2D eigenvalue weighted by molar-refractivity contribution is 0.195. The Labute approximate surface area is 358 Å². The first-order valence-corrected chi connectivity index (χ1v) is 25.1. The van der Waals surface area contributed by atoms with E-state index in [1.165, 1.54) is 88.2 Å². The van der Waals surface area contributed by atoms with Crippen LogP contribution in [0.2, 0.25) is 0 Å². The smallest absolute Gasteiger partial charge is 0.0122 e. The molecule has 0 amide bonds. The standard InChI is InChI=1S/C58H86/c1-35(2)47-23-13-39(9)29-53(47)45-21-27-51(57-31-41(11)15-25-49(57)37(5)6)55(33-45)43-17-19-44(20-18-43)56-34-46(54-30-40(10)14-24-48(54)36(3)4)22-28-52(56)58-32-42(12)16-26-50(58)38(7)8/h17-22,27-28,33-42,47-50,53-54,57-58H,13-16,23-26,29-32H2,1-12H3/t39-,40-,41-,42-,47+,48+,49+,50+,53+,54+,57-,58-/m1/s1. The van der Waals surface area contributed by atoms with Gasteiger partial charge in [0.15, 0.2) is 0 Å². The quantitative estimate of drug-likeness (QED) is 0.192. The highest BCUT2D eigenvalue weighted by molar-refractivity contribution is 5.75. The number of hydrogen-bond donors (Lipinski definition) is 0. The van der Waals surface area contributed by atoms with Crippen LogP contribution in [0.5, 0.6) is 0 Å². The Morgan fingerprint density at radius 2 is 0.621 bits per heavy atom. The maximum Gasteiger partial charge on any atom is -0.0122 e. The molecule has 0 aromatic heterocycles. The molecule has 3 aromatic rings. The lowest BCUT2D eigenvalue weighted by atomic mass is 9.65. The fourth-order valence-electron chi connectivity index (χ4n) is 13.9. The van der Waals surface area contributed by atoms with E-state index in [-0.39, 0.29) is 0 Å². The highest BCUT2D eigenvalue weighted by atomic mass is 14.4. The summed E-state index contributed by atoms with van der Waals surface area (Å²) in [5.74, 6) is 11.8. The molecule has 7 rings (SSSR count). The van der Waals surface area contributed by atoms with Gasteiger partial charge in [0.25, 0.3) is 0 Å². The van der Waals surface area contributed by atoms with Crippen LogP contribution in [0.15, 0.2) is 60.7 Å². The van der Waals surface area contributed by atoms with Crippen LogP contribution < -0.4 is 0 Å². The van der Waals surface area contributed by atoms with Crippen molar-refractivity contribution in [1.29, 1.82) is 0 Å². The number of benzene rings is 3. The Balaban J connectivity index is 1.35. The van der Waals surface area contributed by atoms with Gasteiger partial charge in [-0.3, -0.25) is 0 Å². The molecule has 318 valence electrons. The number of hydrogen-bond acceptors (Lipinski definition) is 0. The summed E-state index contributed by atoms with van der Waals surface area (Å²) in [4.78, 5) is 0. The van der Waals surface area contributed by atoms with Gasteiger partial charge in [-0.2, -0.15) is 0 Å². The van der Waals surface area contributed by atoms with E-state index in [9.17, 15) is 0 Å². The molecule has 4 aliphatic carbocycles. The molecule has 0 spiro atoms. The molecule has 0 radical (unpaired) electrons. The van der Waals surface area contributed by atoms with Crippen molar-refractivity contribution in [2.45, 2.75) is 184 Å². The number of rotatable bonds is 10. The SMILES string of the molecule is CC(C)[C@@H]1CC[C@@H](C)C[C@H]1c1ccc([C@@H]2C[C@H](C)CC[C@H]2C(C)C)c(-c2ccc(-c3cc([C@@H]4C[C@H](C)CC[C@H]4C(C)C)ccc3[C@@H]3C[C@H](C)CC[C@H]3C(C)C)cc2)c1. The van der Waals surface area contributed by atoms with Gasteiger partial charge in [-0.1, -0.05) is 169 Å². The third-order valence-corrected chi connectivity index (χ3v) is 17.4. The zero-order chi connectivity index (χ0) is 41.4. The van der Waals surface area contributed by atoms with Crippen molar-refractivity contribution in [2.24, 2.45) is 71.0 Å². The lowest BCUT2D eigenvalue weighted by Crippen LogP contribution is -2.27. The fraction of sp³-hybridized carbons (Fsp3) is 0.690. The largest absolute Gasteiger partial charge is 0.0625 e. The maximum atomic E-state index is 2.72. The summed E-state index contributed by atoms with van der Waals surface area (Å²) >= 11 is 0. The van der Waals surface area contributed by atoms with E-state index in [0.29, 0.717) is 35.5 Å². The molecular weight excluding hydrogens is 697 g/mol. The molecule has 0 heterocycles. The zero-order valence-electron chi connectivity index (χ0n) is 39.5. The second-order valence-corrected chi connectivity index (χ2v) is 23.0. The van der Waals surface area contributed by atoms with E-state index in [1.54, 1.807) is 33.4 Å². The van der Waals surface area contributed by atoms with E-state index in [1.807, 2.05) is 0 Å². The maximum absolute atomic E-state index is 2.72. The van der Waals surface area contributed by atoms with Crippen LogP contribution in [0.4, 0.5) is 0 Å². The van der Waals surface area contributed by atoms with Crippen molar-refractivity contribution in [2.75, 3.05) is 0 Å². The third-order valence-electron chi connectivity index (χ3n) is 17.4. The van der Waals surface area contributed by atoms with Gasteiger partial charge >= 0.3 is 0 Å². The van der Waals surface area contributed by atoms with Crippen molar-refractivity contribution < 1.29 is 0 Å². The minimum absolute atomic E-state index is 0.634. The third kappa shape index (κ3) is 9.42. The van der Waals surface area contributed by atoms with Crippen molar-refractivity contribution in [3.8, 4) is 22.3 Å². The molecule has 0 bridgehead atoms. The summed E-state index contributed by atoms with van der Waals surface area (Å²) in [5.41, 5.74) is 12.5. The first-order valence-electron chi connectivity index (χ1n) is 25.1. The molecule has 0 aliphatic heterocycles. The predicted octanol–water partition coefficient (Wildman–Crippen LogP) is 17.7. The molecule has 0 unspecified atom stereocenters. The van der Waals surface area contributed by atoms with Crippen LogP contribution in [0, 0.1) is 71.0 Å². The minimum atomic E-state index is 0.634. The Morgan fingerprint density at radius 3 is 0.914 bits per heavy atom. The molecule has 0 saturated heterocycles. The lowest BCUT2D eigenvalue weighted by Gasteiger charge is -2.40. The predicted molar refractivity (Wildman–Crippen MR) is 254 cm³/mol. The van der Waals surface area contributed by atoms with E-state index in [4.69, 9.17) is 0 Å². The van der Waals surface area contributed by atoms with Crippen molar-refractivity contribution in [3.05, 3.63) is 82.9 Å². The Hall–Kier alpha value is -2.34. The highest BCUT2D eigenvalue weighted by Gasteiger charge is 2.38. The van der Waals surface area contributed by atoms with E-state index < -0.39 is 0 Å². The van der Waals surface area contributed by atoms with Gasteiger partial charge in [-0.15, -0.1) is 0 Å². The summed E-state index contributed by atoms with van der Waals surface area (Å²) in [6.07, 6.45) is 16.4. The second-order valence-electron chi connectivity index (χ2n) is 23.0. The molecule has 4 saturated carbocycles. The molecule has 58 heavy (non-hydrogen) atoms. The van der Waals surface area contributed by atoms with Crippen molar-refractivity contribution in [1.82, 2.24) is 0 Å². The van der Waals surface area contributed by atoms with Crippen molar-refractivity contribution in [3.63, 3.8) is 0 Å². The van der Waals surface area contributed by atoms with E-state index in [2.05, 4.69) is 144 Å². The minimum Gasteiger partial charge on any atom is -0.0625 e. The van der Waals surface area contributed by atoms with Crippen LogP contribution in [-0.2, 0) is 0 Å². The van der Waals surface area contributed by atoms with Gasteiger partial charge in [-0.05, 0) is 191 Å². The van der Waals surface area contributed by atoms with Gasteiger partial charge in [0.1, 0.15) is 0 Å². The molecule has 3 aromatic carbocycles. The molecule has 0 nitrogen and oxygen atoms in total. The van der Waals surface area contributed by atoms with Gasteiger partial charge < -0.3 is 0 Å². The monoisotopic (exact) mass is 783 g/mol. The van der Waals surface area contributed by atoms with Gasteiger partial charge in [0.05, 0.1) is 0 Å².